The Morgan fingerprint density at radius 2 is 1.74 bits per heavy atom. The van der Waals surface area contributed by atoms with E-state index < -0.39 is 10.8 Å². The lowest BCUT2D eigenvalue weighted by atomic mass is 10.0. The Hall–Kier alpha value is -3.62. The second kappa shape index (κ2) is 9.03. The van der Waals surface area contributed by atoms with Crippen molar-refractivity contribution in [2.24, 2.45) is 0 Å². The molecule has 1 fully saturated rings. The molecule has 2 aromatic rings. The summed E-state index contributed by atoms with van der Waals surface area (Å²) in [6, 6.07) is 12.4. The Morgan fingerprint density at radius 1 is 0.968 bits per heavy atom. The Balaban J connectivity index is 1.38. The van der Waals surface area contributed by atoms with Gasteiger partial charge in [0.15, 0.2) is 0 Å². The Labute approximate surface area is 180 Å². The standard InChI is InChI=1S/C22H25N5O4/c28-21(15-26-13-5-7-16-6-1-2-8-18(16)26)23-24-22(29)17-9-10-19(20(14-17)27(30)31)25-11-3-4-12-25/h1-2,6,8-10,14H,3-5,7,11-13,15H2,(H,23,28)(H,24,29). The molecule has 2 aromatic carbocycles. The maximum Gasteiger partial charge on any atom is 0.293 e. The van der Waals surface area contributed by atoms with E-state index in [1.165, 1.54) is 11.6 Å². The van der Waals surface area contributed by atoms with Gasteiger partial charge in [0.2, 0.25) is 0 Å². The van der Waals surface area contributed by atoms with Crippen molar-refractivity contribution in [3.63, 3.8) is 0 Å². The topological polar surface area (TPSA) is 108 Å². The molecule has 0 aromatic heterocycles. The van der Waals surface area contributed by atoms with Crippen LogP contribution in [-0.2, 0) is 11.2 Å². The van der Waals surface area contributed by atoms with E-state index in [1.54, 1.807) is 12.1 Å². The van der Waals surface area contributed by atoms with Gasteiger partial charge in [0, 0.05) is 37.0 Å². The lowest BCUT2D eigenvalue weighted by molar-refractivity contribution is -0.384. The number of hydrazine groups is 1. The van der Waals surface area contributed by atoms with Crippen LogP contribution in [0.2, 0.25) is 0 Å². The van der Waals surface area contributed by atoms with Gasteiger partial charge in [-0.25, -0.2) is 0 Å². The van der Waals surface area contributed by atoms with Gasteiger partial charge >= 0.3 is 0 Å². The predicted octanol–water partition coefficient (Wildman–Crippen LogP) is 2.41. The normalized spacial score (nSPS) is 15.4. The fourth-order valence-corrected chi connectivity index (χ4v) is 4.22. The number of carbonyl (C=O) groups excluding carboxylic acids is 2. The van der Waals surface area contributed by atoms with Crippen LogP contribution in [0.5, 0.6) is 0 Å². The van der Waals surface area contributed by atoms with E-state index in [-0.39, 0.29) is 23.7 Å². The van der Waals surface area contributed by atoms with Gasteiger partial charge in [0.25, 0.3) is 17.5 Å². The third-order valence-corrected chi connectivity index (χ3v) is 5.74. The highest BCUT2D eigenvalue weighted by Crippen LogP contribution is 2.31. The average molecular weight is 423 g/mol. The summed E-state index contributed by atoms with van der Waals surface area (Å²) in [5, 5.41) is 11.5. The quantitative estimate of drug-likeness (QED) is 0.565. The maximum atomic E-state index is 12.5. The minimum Gasteiger partial charge on any atom is -0.366 e. The van der Waals surface area contributed by atoms with Gasteiger partial charge in [0.1, 0.15) is 5.69 Å². The number of nitro groups is 1. The molecule has 0 saturated carbocycles. The van der Waals surface area contributed by atoms with Gasteiger partial charge in [-0.2, -0.15) is 0 Å². The number of nitrogens with zero attached hydrogens (tertiary/aromatic N) is 3. The Bertz CT molecular complexity index is 1000. The monoisotopic (exact) mass is 423 g/mol. The summed E-state index contributed by atoms with van der Waals surface area (Å²) in [6.45, 7) is 2.41. The summed E-state index contributed by atoms with van der Waals surface area (Å²) in [6.07, 6.45) is 3.93. The molecule has 2 amide bonds. The fourth-order valence-electron chi connectivity index (χ4n) is 4.22. The summed E-state index contributed by atoms with van der Waals surface area (Å²) in [5.74, 6) is -0.947. The van der Waals surface area contributed by atoms with Gasteiger partial charge in [-0.3, -0.25) is 30.6 Å². The maximum absolute atomic E-state index is 12.5. The molecule has 2 heterocycles. The van der Waals surface area contributed by atoms with Gasteiger partial charge in [-0.05, 0) is 49.4 Å². The fraction of sp³-hybridized carbons (Fsp3) is 0.364. The van der Waals surface area contributed by atoms with E-state index in [4.69, 9.17) is 0 Å². The molecule has 4 rings (SSSR count). The highest BCUT2D eigenvalue weighted by Gasteiger charge is 2.24. The highest BCUT2D eigenvalue weighted by molar-refractivity contribution is 5.97. The lowest BCUT2D eigenvalue weighted by Gasteiger charge is -2.30. The zero-order valence-electron chi connectivity index (χ0n) is 17.2. The number of fused-ring (bicyclic) bond motifs is 1. The van der Waals surface area contributed by atoms with Gasteiger partial charge in [0.05, 0.1) is 11.5 Å². The second-order valence-electron chi connectivity index (χ2n) is 7.81. The number of para-hydroxylation sites is 1. The predicted molar refractivity (Wildman–Crippen MR) is 117 cm³/mol. The molecule has 31 heavy (non-hydrogen) atoms. The van der Waals surface area contributed by atoms with Crippen molar-refractivity contribution >= 4 is 28.9 Å². The third kappa shape index (κ3) is 4.60. The van der Waals surface area contributed by atoms with Crippen LogP contribution in [0.25, 0.3) is 0 Å². The molecule has 2 aliphatic rings. The molecule has 9 nitrogen and oxygen atoms in total. The van der Waals surface area contributed by atoms with Crippen LogP contribution in [0.4, 0.5) is 17.1 Å². The number of nitrogens with one attached hydrogen (secondary N) is 2. The smallest absolute Gasteiger partial charge is 0.293 e. The first-order chi connectivity index (χ1) is 15.0. The number of hydrogen-bond donors (Lipinski definition) is 2. The number of amides is 2. The number of hydrogen-bond acceptors (Lipinski definition) is 6. The number of nitro benzene ring substituents is 1. The molecule has 0 unspecified atom stereocenters. The van der Waals surface area contributed by atoms with Crippen molar-refractivity contribution in [1.29, 1.82) is 0 Å². The Kier molecular flexibility index (Phi) is 6.01. The van der Waals surface area contributed by atoms with Gasteiger partial charge < -0.3 is 9.80 Å². The molecule has 162 valence electrons. The first kappa shape index (κ1) is 20.6. The first-order valence-corrected chi connectivity index (χ1v) is 10.5. The second-order valence-corrected chi connectivity index (χ2v) is 7.81. The summed E-state index contributed by atoms with van der Waals surface area (Å²) in [4.78, 5) is 39.8. The first-order valence-electron chi connectivity index (χ1n) is 10.5. The number of anilines is 2. The number of benzene rings is 2. The van der Waals surface area contributed by atoms with Crippen LogP contribution in [0.15, 0.2) is 42.5 Å². The summed E-state index contributed by atoms with van der Waals surface area (Å²) in [7, 11) is 0. The third-order valence-electron chi connectivity index (χ3n) is 5.74. The number of aryl methyl sites for hydroxylation is 1. The highest BCUT2D eigenvalue weighted by atomic mass is 16.6. The zero-order chi connectivity index (χ0) is 21.8. The number of rotatable bonds is 5. The van der Waals surface area contributed by atoms with Crippen molar-refractivity contribution in [3.8, 4) is 0 Å². The largest absolute Gasteiger partial charge is 0.366 e. The molecule has 0 aliphatic carbocycles. The van der Waals surface area contributed by atoms with E-state index in [1.807, 2.05) is 28.0 Å². The van der Waals surface area contributed by atoms with Crippen LogP contribution >= 0.6 is 0 Å². The van der Waals surface area contributed by atoms with Crippen molar-refractivity contribution in [3.05, 3.63) is 63.7 Å². The van der Waals surface area contributed by atoms with Crippen molar-refractivity contribution < 1.29 is 14.5 Å². The average Bonchev–Trinajstić information content (AvgIpc) is 3.32. The van der Waals surface area contributed by atoms with Crippen molar-refractivity contribution in [2.75, 3.05) is 36.0 Å². The van der Waals surface area contributed by atoms with Crippen LogP contribution in [-0.4, -0.2) is 42.9 Å². The molecule has 0 atom stereocenters. The molecule has 2 aliphatic heterocycles. The minimum absolute atomic E-state index is 0.106. The van der Waals surface area contributed by atoms with Crippen molar-refractivity contribution in [1.82, 2.24) is 10.9 Å². The van der Waals surface area contributed by atoms with Gasteiger partial charge in [-0.1, -0.05) is 18.2 Å². The molecule has 1 saturated heterocycles. The molecule has 9 heteroatoms. The molecule has 0 spiro atoms. The van der Waals surface area contributed by atoms with E-state index >= 15 is 0 Å². The molecule has 0 bridgehead atoms. The van der Waals surface area contributed by atoms with Crippen LogP contribution in [0, 0.1) is 10.1 Å². The molecular weight excluding hydrogens is 398 g/mol. The molecular formula is C22H25N5O4. The SMILES string of the molecule is O=C(CN1CCCc2ccccc21)NNC(=O)c1ccc(N2CCCC2)c([N+](=O)[O-])c1. The Morgan fingerprint density at radius 3 is 2.52 bits per heavy atom. The lowest BCUT2D eigenvalue weighted by Crippen LogP contribution is -2.47. The van der Waals surface area contributed by atoms with E-state index in [0.717, 1.165) is 51.0 Å². The van der Waals surface area contributed by atoms with Gasteiger partial charge in [-0.15, -0.1) is 0 Å². The van der Waals surface area contributed by atoms with Crippen LogP contribution in [0.1, 0.15) is 35.2 Å². The summed E-state index contributed by atoms with van der Waals surface area (Å²) >= 11 is 0. The zero-order valence-corrected chi connectivity index (χ0v) is 17.2. The molecule has 2 N–H and O–H groups in total. The van der Waals surface area contributed by atoms with E-state index in [0.29, 0.717) is 5.69 Å². The molecule has 0 radical (unpaired) electrons. The number of carbonyl (C=O) groups is 2. The summed E-state index contributed by atoms with van der Waals surface area (Å²) in [5.41, 5.74) is 7.56. The minimum atomic E-state index is -0.594. The van der Waals surface area contributed by atoms with E-state index in [2.05, 4.69) is 16.9 Å². The van der Waals surface area contributed by atoms with Crippen molar-refractivity contribution in [2.45, 2.75) is 25.7 Å². The van der Waals surface area contributed by atoms with Crippen LogP contribution < -0.4 is 20.7 Å². The van der Waals surface area contributed by atoms with Crippen LogP contribution in [0.3, 0.4) is 0 Å². The van der Waals surface area contributed by atoms with E-state index in [9.17, 15) is 19.7 Å². The summed E-state index contributed by atoms with van der Waals surface area (Å²) < 4.78 is 0.